The molecule has 0 bridgehead atoms. The number of nitrogens with one attached hydrogen (secondary N) is 1. The van der Waals surface area contributed by atoms with Crippen molar-refractivity contribution >= 4 is 23.5 Å². The van der Waals surface area contributed by atoms with Crippen LogP contribution in [-0.2, 0) is 6.61 Å². The number of rotatable bonds is 6. The second kappa shape index (κ2) is 8.71. The normalized spacial score (nSPS) is 11.1. The molecule has 1 N–H and O–H groups in total. The molecule has 144 valence electrons. The van der Waals surface area contributed by atoms with E-state index in [0.29, 0.717) is 12.2 Å². The van der Waals surface area contributed by atoms with Crippen LogP contribution in [0.15, 0.2) is 76.9 Å². The number of aromatic amines is 1. The van der Waals surface area contributed by atoms with Crippen LogP contribution in [0.25, 0.3) is 23.3 Å². The Bertz CT molecular complexity index is 1180. The van der Waals surface area contributed by atoms with Crippen LogP contribution in [0, 0.1) is 6.92 Å². The number of nitrogens with zero attached hydrogens (tertiary/aromatic N) is 1. The molecular formula is C24H20N2O2S. The summed E-state index contributed by atoms with van der Waals surface area (Å²) in [6.07, 6.45) is 3.80. The molecule has 0 radical (unpaired) electrons. The highest BCUT2D eigenvalue weighted by molar-refractivity contribution is 7.10. The van der Waals surface area contributed by atoms with Gasteiger partial charge in [0, 0.05) is 16.0 Å². The highest BCUT2D eigenvalue weighted by atomic mass is 32.1. The zero-order chi connectivity index (χ0) is 20.1. The van der Waals surface area contributed by atoms with E-state index in [-0.39, 0.29) is 5.56 Å². The van der Waals surface area contributed by atoms with Crippen LogP contribution in [0.1, 0.15) is 21.7 Å². The van der Waals surface area contributed by atoms with E-state index in [9.17, 15) is 4.79 Å². The van der Waals surface area contributed by atoms with E-state index in [2.05, 4.69) is 10.2 Å². The van der Waals surface area contributed by atoms with E-state index < -0.39 is 0 Å². The molecule has 2 heterocycles. The van der Waals surface area contributed by atoms with Gasteiger partial charge in [-0.1, -0.05) is 54.6 Å². The molecule has 4 aromatic rings. The lowest BCUT2D eigenvalue weighted by Gasteiger charge is -2.14. The van der Waals surface area contributed by atoms with Crippen LogP contribution in [0.4, 0.5) is 0 Å². The third-order valence-electron chi connectivity index (χ3n) is 4.55. The van der Waals surface area contributed by atoms with Crippen molar-refractivity contribution in [3.8, 4) is 16.9 Å². The fourth-order valence-corrected chi connectivity index (χ4v) is 3.76. The third kappa shape index (κ3) is 4.36. The van der Waals surface area contributed by atoms with Crippen molar-refractivity contribution < 1.29 is 4.74 Å². The number of hydrogen-bond donors (Lipinski definition) is 1. The molecule has 0 fully saturated rings. The highest BCUT2D eigenvalue weighted by Gasteiger charge is 2.16. The molecule has 0 unspecified atom stereocenters. The second-order valence-corrected chi connectivity index (χ2v) is 7.53. The monoisotopic (exact) mass is 400 g/mol. The van der Waals surface area contributed by atoms with Crippen molar-refractivity contribution in [2.75, 3.05) is 0 Å². The van der Waals surface area contributed by atoms with E-state index in [4.69, 9.17) is 4.74 Å². The average Bonchev–Trinajstić information content (AvgIpc) is 3.27. The number of aromatic nitrogens is 2. The summed E-state index contributed by atoms with van der Waals surface area (Å²) in [4.78, 5) is 13.7. The number of para-hydroxylation sites is 1. The first-order valence-corrected chi connectivity index (χ1v) is 10.2. The van der Waals surface area contributed by atoms with Gasteiger partial charge in [0.1, 0.15) is 12.4 Å². The topological polar surface area (TPSA) is 55.0 Å². The minimum Gasteiger partial charge on any atom is -0.488 e. The quantitative estimate of drug-likeness (QED) is 0.461. The maximum absolute atomic E-state index is 12.6. The molecule has 0 aliphatic carbocycles. The smallest absolute Gasteiger partial charge is 0.272 e. The van der Waals surface area contributed by atoms with Gasteiger partial charge in [-0.05, 0) is 42.2 Å². The second-order valence-electron chi connectivity index (χ2n) is 6.55. The largest absolute Gasteiger partial charge is 0.488 e. The number of H-pyrrole nitrogens is 1. The van der Waals surface area contributed by atoms with Gasteiger partial charge >= 0.3 is 0 Å². The maximum Gasteiger partial charge on any atom is 0.272 e. The lowest BCUT2D eigenvalue weighted by Crippen LogP contribution is -2.15. The minimum absolute atomic E-state index is 0.226. The Morgan fingerprint density at radius 3 is 2.59 bits per heavy atom. The van der Waals surface area contributed by atoms with Crippen LogP contribution in [0.2, 0.25) is 0 Å². The Labute approximate surface area is 173 Å². The van der Waals surface area contributed by atoms with E-state index in [1.807, 2.05) is 91.2 Å². The minimum atomic E-state index is -0.226. The number of hydrogen-bond acceptors (Lipinski definition) is 4. The Balaban J connectivity index is 1.75. The standard InChI is InChI=1S/C24H20N2O2S/c1-17-23(21(24(27)26-25-17)14-13-19-10-7-15-29-19)20-11-5-6-12-22(20)28-16-18-8-3-2-4-9-18/h2-15H,16H2,1H3,(H,26,27). The van der Waals surface area contributed by atoms with Gasteiger partial charge in [-0.2, -0.15) is 5.10 Å². The van der Waals surface area contributed by atoms with Gasteiger partial charge in [-0.15, -0.1) is 11.3 Å². The first kappa shape index (κ1) is 18.9. The molecule has 0 saturated heterocycles. The van der Waals surface area contributed by atoms with Gasteiger partial charge in [0.25, 0.3) is 5.56 Å². The first-order valence-electron chi connectivity index (χ1n) is 9.29. The summed E-state index contributed by atoms with van der Waals surface area (Å²) in [6, 6.07) is 21.8. The molecule has 0 aliphatic heterocycles. The summed E-state index contributed by atoms with van der Waals surface area (Å²) in [5, 5.41) is 8.80. The molecule has 0 spiro atoms. The van der Waals surface area contributed by atoms with Gasteiger partial charge in [0.05, 0.1) is 11.3 Å². The molecule has 2 aromatic heterocycles. The van der Waals surface area contributed by atoms with E-state index >= 15 is 0 Å². The van der Waals surface area contributed by atoms with Crippen molar-refractivity contribution in [3.05, 3.63) is 104 Å². The van der Waals surface area contributed by atoms with Crippen LogP contribution in [0.3, 0.4) is 0 Å². The molecule has 0 aliphatic rings. The summed E-state index contributed by atoms with van der Waals surface area (Å²) in [5.41, 5.74) is 3.81. The lowest BCUT2D eigenvalue weighted by atomic mass is 9.98. The summed E-state index contributed by atoms with van der Waals surface area (Å²) in [7, 11) is 0. The molecule has 4 rings (SSSR count). The van der Waals surface area contributed by atoms with Crippen LogP contribution in [-0.4, -0.2) is 10.2 Å². The van der Waals surface area contributed by atoms with Crippen molar-refractivity contribution in [2.45, 2.75) is 13.5 Å². The number of aryl methyl sites for hydroxylation is 1. The van der Waals surface area contributed by atoms with Crippen LogP contribution >= 0.6 is 11.3 Å². The zero-order valence-electron chi connectivity index (χ0n) is 16.0. The molecule has 0 atom stereocenters. The first-order chi connectivity index (χ1) is 14.2. The molecule has 0 saturated carbocycles. The van der Waals surface area contributed by atoms with E-state index in [1.165, 1.54) is 0 Å². The highest BCUT2D eigenvalue weighted by Crippen LogP contribution is 2.34. The summed E-state index contributed by atoms with van der Waals surface area (Å²) in [5.74, 6) is 0.720. The fraction of sp³-hybridized carbons (Fsp3) is 0.0833. The van der Waals surface area contributed by atoms with Gasteiger partial charge in [0.2, 0.25) is 0 Å². The predicted octanol–water partition coefficient (Wildman–Crippen LogP) is 5.56. The number of ether oxygens (including phenoxy) is 1. The Kier molecular flexibility index (Phi) is 5.68. The van der Waals surface area contributed by atoms with Crippen LogP contribution in [0.5, 0.6) is 5.75 Å². The molecule has 2 aromatic carbocycles. The van der Waals surface area contributed by atoms with Crippen molar-refractivity contribution in [2.24, 2.45) is 0 Å². The van der Waals surface area contributed by atoms with Crippen LogP contribution < -0.4 is 10.3 Å². The van der Waals surface area contributed by atoms with Crippen molar-refractivity contribution in [1.29, 1.82) is 0 Å². The third-order valence-corrected chi connectivity index (χ3v) is 5.39. The number of thiophene rings is 1. The maximum atomic E-state index is 12.6. The van der Waals surface area contributed by atoms with Crippen molar-refractivity contribution in [3.63, 3.8) is 0 Å². The zero-order valence-corrected chi connectivity index (χ0v) is 16.8. The summed E-state index contributed by atoms with van der Waals surface area (Å²) >= 11 is 1.62. The molecule has 0 amide bonds. The molecule has 5 heteroatoms. The molecular weight excluding hydrogens is 380 g/mol. The SMILES string of the molecule is Cc1n[nH]c(=O)c(C=Cc2cccs2)c1-c1ccccc1OCc1ccccc1. The van der Waals surface area contributed by atoms with Gasteiger partial charge in [-0.25, -0.2) is 5.10 Å². The van der Waals surface area contributed by atoms with Gasteiger partial charge in [-0.3, -0.25) is 4.79 Å². The molecule has 4 nitrogen and oxygen atoms in total. The average molecular weight is 401 g/mol. The Morgan fingerprint density at radius 2 is 1.79 bits per heavy atom. The van der Waals surface area contributed by atoms with E-state index in [1.54, 1.807) is 11.3 Å². The predicted molar refractivity (Wildman–Crippen MR) is 119 cm³/mol. The van der Waals surface area contributed by atoms with E-state index in [0.717, 1.165) is 33.0 Å². The summed E-state index contributed by atoms with van der Waals surface area (Å²) in [6.45, 7) is 2.34. The Hall–Kier alpha value is -3.44. The number of benzene rings is 2. The molecule has 29 heavy (non-hydrogen) atoms. The lowest BCUT2D eigenvalue weighted by molar-refractivity contribution is 0.307. The van der Waals surface area contributed by atoms with Gasteiger partial charge in [0.15, 0.2) is 0 Å². The van der Waals surface area contributed by atoms with Crippen molar-refractivity contribution in [1.82, 2.24) is 10.2 Å². The fourth-order valence-electron chi connectivity index (χ4n) is 3.14. The Morgan fingerprint density at radius 1 is 1.00 bits per heavy atom. The van der Waals surface area contributed by atoms with Gasteiger partial charge < -0.3 is 4.74 Å². The summed E-state index contributed by atoms with van der Waals surface area (Å²) < 4.78 is 6.12.